The Labute approximate surface area is 175 Å². The van der Waals surface area contributed by atoms with Gasteiger partial charge in [-0.15, -0.1) is 11.8 Å². The Kier molecular flexibility index (Phi) is 6.14. The second-order valence-corrected chi connectivity index (χ2v) is 8.31. The zero-order valence-electron chi connectivity index (χ0n) is 16.3. The van der Waals surface area contributed by atoms with Crippen molar-refractivity contribution in [3.63, 3.8) is 0 Å². The first-order chi connectivity index (χ1) is 14.2. The van der Waals surface area contributed by atoms with Crippen LogP contribution in [-0.2, 0) is 11.3 Å². The molecule has 0 bridgehead atoms. The van der Waals surface area contributed by atoms with Gasteiger partial charge in [0.15, 0.2) is 0 Å². The number of carbonyl (C=O) groups excluding carboxylic acids is 1. The van der Waals surface area contributed by atoms with E-state index >= 15 is 0 Å². The molecule has 4 rings (SSSR count). The third-order valence-electron chi connectivity index (χ3n) is 5.30. The fourth-order valence-electron chi connectivity index (χ4n) is 3.59. The third-order valence-corrected chi connectivity index (χ3v) is 6.28. The predicted molar refractivity (Wildman–Crippen MR) is 118 cm³/mol. The third kappa shape index (κ3) is 4.97. The number of nitriles is 1. The van der Waals surface area contributed by atoms with Gasteiger partial charge >= 0.3 is 0 Å². The molecule has 0 N–H and O–H groups in total. The SMILES string of the molecule is N#Cc1ccc(CN2CCN(C(=O)CSc3ccc4ccccc4c3)CC2)cc1. The summed E-state index contributed by atoms with van der Waals surface area (Å²) in [5.74, 6) is 0.690. The van der Waals surface area contributed by atoms with Crippen LogP contribution in [0, 0.1) is 11.3 Å². The molecule has 0 aromatic heterocycles. The molecular weight excluding hydrogens is 378 g/mol. The van der Waals surface area contributed by atoms with Gasteiger partial charge in [0.1, 0.15) is 0 Å². The molecular formula is C24H23N3OS. The van der Waals surface area contributed by atoms with Crippen molar-refractivity contribution >= 4 is 28.4 Å². The van der Waals surface area contributed by atoms with E-state index in [-0.39, 0.29) is 5.91 Å². The minimum atomic E-state index is 0.209. The van der Waals surface area contributed by atoms with Crippen molar-refractivity contribution in [3.8, 4) is 6.07 Å². The molecule has 4 nitrogen and oxygen atoms in total. The molecule has 3 aromatic rings. The van der Waals surface area contributed by atoms with Gasteiger partial charge in [0.2, 0.25) is 5.91 Å². The summed E-state index contributed by atoms with van der Waals surface area (Å²) in [4.78, 5) is 18.1. The Hall–Kier alpha value is -2.81. The van der Waals surface area contributed by atoms with Gasteiger partial charge in [0.05, 0.1) is 17.4 Å². The van der Waals surface area contributed by atoms with Gasteiger partial charge in [0, 0.05) is 37.6 Å². The molecule has 1 aliphatic heterocycles. The summed E-state index contributed by atoms with van der Waals surface area (Å²) >= 11 is 1.61. The number of hydrogen-bond donors (Lipinski definition) is 0. The molecule has 1 aliphatic rings. The van der Waals surface area contributed by atoms with E-state index in [0.29, 0.717) is 11.3 Å². The lowest BCUT2D eigenvalue weighted by molar-refractivity contribution is -0.130. The van der Waals surface area contributed by atoms with E-state index in [1.54, 1.807) is 11.8 Å². The molecule has 0 saturated carbocycles. The topological polar surface area (TPSA) is 47.3 Å². The molecule has 0 radical (unpaired) electrons. The average Bonchev–Trinajstić information content (AvgIpc) is 2.78. The summed E-state index contributed by atoms with van der Waals surface area (Å²) in [6.45, 7) is 4.17. The fraction of sp³-hybridized carbons (Fsp3) is 0.250. The number of hydrogen-bond acceptors (Lipinski definition) is 4. The van der Waals surface area contributed by atoms with Gasteiger partial charge in [-0.2, -0.15) is 5.26 Å². The maximum Gasteiger partial charge on any atom is 0.233 e. The molecule has 29 heavy (non-hydrogen) atoms. The van der Waals surface area contributed by atoms with Crippen molar-refractivity contribution < 1.29 is 4.79 Å². The van der Waals surface area contributed by atoms with Crippen LogP contribution in [0.4, 0.5) is 0 Å². The Morgan fingerprint density at radius 1 is 0.931 bits per heavy atom. The summed E-state index contributed by atoms with van der Waals surface area (Å²) in [6, 6.07) is 24.5. The van der Waals surface area contributed by atoms with Crippen molar-refractivity contribution in [2.75, 3.05) is 31.9 Å². The average molecular weight is 402 g/mol. The Balaban J connectivity index is 1.25. The van der Waals surface area contributed by atoms with Crippen molar-refractivity contribution in [3.05, 3.63) is 77.9 Å². The Morgan fingerprint density at radius 3 is 2.38 bits per heavy atom. The van der Waals surface area contributed by atoms with Crippen LogP contribution in [0.5, 0.6) is 0 Å². The van der Waals surface area contributed by atoms with Crippen LogP contribution in [0.25, 0.3) is 10.8 Å². The molecule has 1 saturated heterocycles. The molecule has 5 heteroatoms. The largest absolute Gasteiger partial charge is 0.339 e. The van der Waals surface area contributed by atoms with Crippen LogP contribution in [0.3, 0.4) is 0 Å². The number of piperazine rings is 1. The second-order valence-electron chi connectivity index (χ2n) is 7.26. The van der Waals surface area contributed by atoms with E-state index in [9.17, 15) is 4.79 Å². The number of nitrogens with zero attached hydrogens (tertiary/aromatic N) is 3. The zero-order valence-corrected chi connectivity index (χ0v) is 17.1. The van der Waals surface area contributed by atoms with E-state index in [2.05, 4.69) is 41.3 Å². The Bertz CT molecular complexity index is 1030. The first kappa shape index (κ1) is 19.5. The maximum atomic E-state index is 12.6. The molecule has 0 spiro atoms. The van der Waals surface area contributed by atoms with Crippen molar-refractivity contribution in [1.82, 2.24) is 9.80 Å². The lowest BCUT2D eigenvalue weighted by Crippen LogP contribution is -2.48. The number of carbonyl (C=O) groups is 1. The predicted octanol–water partition coefficient (Wildman–Crippen LogP) is 4.15. The molecule has 3 aromatic carbocycles. The fourth-order valence-corrected chi connectivity index (χ4v) is 4.44. The van der Waals surface area contributed by atoms with E-state index in [1.165, 1.54) is 16.3 Å². The highest BCUT2D eigenvalue weighted by Gasteiger charge is 2.21. The second kappa shape index (κ2) is 9.13. The van der Waals surface area contributed by atoms with Gasteiger partial charge in [-0.25, -0.2) is 0 Å². The summed E-state index contributed by atoms with van der Waals surface area (Å²) in [5.41, 5.74) is 1.89. The van der Waals surface area contributed by atoms with Gasteiger partial charge < -0.3 is 4.90 Å². The van der Waals surface area contributed by atoms with Crippen LogP contribution >= 0.6 is 11.8 Å². The smallest absolute Gasteiger partial charge is 0.233 e. The van der Waals surface area contributed by atoms with E-state index in [1.807, 2.05) is 41.3 Å². The van der Waals surface area contributed by atoms with Crippen LogP contribution in [0.2, 0.25) is 0 Å². The summed E-state index contributed by atoms with van der Waals surface area (Å²) in [7, 11) is 0. The number of amides is 1. The lowest BCUT2D eigenvalue weighted by atomic mass is 10.1. The van der Waals surface area contributed by atoms with E-state index in [4.69, 9.17) is 5.26 Å². The summed E-state index contributed by atoms with van der Waals surface area (Å²) < 4.78 is 0. The summed E-state index contributed by atoms with van der Waals surface area (Å²) in [5, 5.41) is 11.3. The number of thioether (sulfide) groups is 1. The highest BCUT2D eigenvalue weighted by atomic mass is 32.2. The van der Waals surface area contributed by atoms with E-state index < -0.39 is 0 Å². The first-order valence-electron chi connectivity index (χ1n) is 9.82. The van der Waals surface area contributed by atoms with Crippen LogP contribution in [-0.4, -0.2) is 47.6 Å². The van der Waals surface area contributed by atoms with Crippen LogP contribution in [0.1, 0.15) is 11.1 Å². The monoisotopic (exact) mass is 401 g/mol. The zero-order chi connectivity index (χ0) is 20.1. The molecule has 0 atom stereocenters. The Morgan fingerprint density at radius 2 is 1.66 bits per heavy atom. The van der Waals surface area contributed by atoms with Crippen LogP contribution < -0.4 is 0 Å². The highest BCUT2D eigenvalue weighted by Crippen LogP contribution is 2.24. The van der Waals surface area contributed by atoms with Gasteiger partial charge in [-0.1, -0.05) is 42.5 Å². The van der Waals surface area contributed by atoms with Crippen LogP contribution in [0.15, 0.2) is 71.6 Å². The quantitative estimate of drug-likeness (QED) is 0.603. The van der Waals surface area contributed by atoms with Gasteiger partial charge in [-0.3, -0.25) is 9.69 Å². The van der Waals surface area contributed by atoms with Gasteiger partial charge in [0.25, 0.3) is 0 Å². The number of fused-ring (bicyclic) bond motifs is 1. The van der Waals surface area contributed by atoms with Gasteiger partial charge in [-0.05, 0) is 40.6 Å². The maximum absolute atomic E-state index is 12.6. The molecule has 1 amide bonds. The standard InChI is InChI=1S/C24H23N3OS/c25-16-19-5-7-20(8-6-19)17-26-11-13-27(14-12-26)24(28)18-29-23-10-9-21-3-1-2-4-22(21)15-23/h1-10,15H,11-14,17-18H2. The molecule has 1 fully saturated rings. The highest BCUT2D eigenvalue weighted by molar-refractivity contribution is 8.00. The lowest BCUT2D eigenvalue weighted by Gasteiger charge is -2.34. The normalized spacial score (nSPS) is 14.7. The van der Waals surface area contributed by atoms with Crippen molar-refractivity contribution in [2.24, 2.45) is 0 Å². The number of rotatable bonds is 5. The molecule has 146 valence electrons. The first-order valence-corrected chi connectivity index (χ1v) is 10.8. The summed E-state index contributed by atoms with van der Waals surface area (Å²) in [6.07, 6.45) is 0. The molecule has 0 unspecified atom stereocenters. The van der Waals surface area contributed by atoms with Crippen molar-refractivity contribution in [1.29, 1.82) is 5.26 Å². The van der Waals surface area contributed by atoms with E-state index in [0.717, 1.165) is 37.6 Å². The molecule has 0 aliphatic carbocycles. The number of benzene rings is 3. The minimum absolute atomic E-state index is 0.209. The minimum Gasteiger partial charge on any atom is -0.339 e. The van der Waals surface area contributed by atoms with Crippen molar-refractivity contribution in [2.45, 2.75) is 11.4 Å². The molecule has 1 heterocycles.